The maximum absolute atomic E-state index is 13.3. The normalized spacial score (nSPS) is 32.4. The molecule has 1 atom stereocenters. The number of halogens is 2. The van der Waals surface area contributed by atoms with Crippen molar-refractivity contribution in [2.75, 3.05) is 45.8 Å². The number of amides is 1. The summed E-state index contributed by atoms with van der Waals surface area (Å²) in [6.45, 7) is 4.19. The minimum atomic E-state index is -2.55. The first kappa shape index (κ1) is 19.0. The lowest BCUT2D eigenvalue weighted by molar-refractivity contribution is -0.136. The minimum absolute atomic E-state index is 0.108. The summed E-state index contributed by atoms with van der Waals surface area (Å²) in [5, 5.41) is 14.2. The number of hydrogen-bond donors (Lipinski definition) is 2. The van der Waals surface area contributed by atoms with Crippen LogP contribution >= 0.6 is 0 Å². The molecule has 3 saturated heterocycles. The Balaban J connectivity index is 1.51. The lowest BCUT2D eigenvalue weighted by atomic mass is 9.93. The van der Waals surface area contributed by atoms with Gasteiger partial charge in [0.25, 0.3) is 5.92 Å². The van der Waals surface area contributed by atoms with Gasteiger partial charge in [-0.2, -0.15) is 0 Å². The second-order valence-electron chi connectivity index (χ2n) is 8.06. The zero-order valence-corrected chi connectivity index (χ0v) is 15.0. The molecule has 3 aliphatic rings. The summed E-state index contributed by atoms with van der Waals surface area (Å²) in [5.41, 5.74) is -0.865. The molecular weight excluding hydrogens is 328 g/mol. The molecule has 3 fully saturated rings. The molecule has 2 N–H and O–H groups in total. The van der Waals surface area contributed by atoms with Gasteiger partial charge >= 0.3 is 0 Å². The third-order valence-electron chi connectivity index (χ3n) is 6.02. The number of alkyl halides is 2. The van der Waals surface area contributed by atoms with E-state index in [9.17, 15) is 18.7 Å². The van der Waals surface area contributed by atoms with Crippen molar-refractivity contribution < 1.29 is 18.7 Å². The largest absolute Gasteiger partial charge is 0.388 e. The van der Waals surface area contributed by atoms with Crippen LogP contribution in [-0.4, -0.2) is 78.2 Å². The molecule has 25 heavy (non-hydrogen) atoms. The van der Waals surface area contributed by atoms with Crippen molar-refractivity contribution >= 4 is 5.91 Å². The molecule has 0 aliphatic carbocycles. The van der Waals surface area contributed by atoms with Gasteiger partial charge in [0, 0.05) is 51.5 Å². The number of piperidine rings is 2. The molecule has 0 radical (unpaired) electrons. The van der Waals surface area contributed by atoms with Gasteiger partial charge < -0.3 is 20.2 Å². The van der Waals surface area contributed by atoms with Crippen LogP contribution in [0.5, 0.6) is 0 Å². The van der Waals surface area contributed by atoms with Gasteiger partial charge in [-0.15, -0.1) is 0 Å². The Bertz CT molecular complexity index is 461. The second-order valence-corrected chi connectivity index (χ2v) is 8.06. The second kappa shape index (κ2) is 7.84. The van der Waals surface area contributed by atoms with Crippen molar-refractivity contribution in [1.82, 2.24) is 15.1 Å². The zero-order valence-electron chi connectivity index (χ0n) is 15.0. The molecule has 0 unspecified atom stereocenters. The lowest BCUT2D eigenvalue weighted by Crippen LogP contribution is -2.48. The number of carbonyl (C=O) groups excluding carboxylic acids is 1. The van der Waals surface area contributed by atoms with Crippen LogP contribution < -0.4 is 5.32 Å². The highest BCUT2D eigenvalue weighted by Gasteiger charge is 2.39. The quantitative estimate of drug-likeness (QED) is 0.801. The fourth-order valence-corrected chi connectivity index (χ4v) is 4.34. The van der Waals surface area contributed by atoms with Crippen LogP contribution in [0.3, 0.4) is 0 Å². The Kier molecular flexibility index (Phi) is 5.96. The van der Waals surface area contributed by atoms with Gasteiger partial charge in [-0.1, -0.05) is 0 Å². The summed E-state index contributed by atoms with van der Waals surface area (Å²) in [7, 11) is 0. The van der Waals surface area contributed by atoms with Crippen molar-refractivity contribution in [3.05, 3.63) is 0 Å². The van der Waals surface area contributed by atoms with Gasteiger partial charge in [0.1, 0.15) is 0 Å². The number of aliphatic hydroxyl groups is 1. The number of hydrogen-bond acceptors (Lipinski definition) is 4. The maximum atomic E-state index is 13.3. The predicted molar refractivity (Wildman–Crippen MR) is 91.6 cm³/mol. The Morgan fingerprint density at radius 1 is 1.04 bits per heavy atom. The molecule has 1 amide bonds. The van der Waals surface area contributed by atoms with E-state index in [1.807, 2.05) is 9.80 Å². The van der Waals surface area contributed by atoms with E-state index in [-0.39, 0.29) is 24.7 Å². The number of β-amino-alcohol motifs (C(OH)–C–C–N with tert-alkyl or cyclic N) is 1. The van der Waals surface area contributed by atoms with E-state index < -0.39 is 11.5 Å². The van der Waals surface area contributed by atoms with Crippen molar-refractivity contribution in [3.8, 4) is 0 Å². The minimum Gasteiger partial charge on any atom is -0.388 e. The predicted octanol–water partition coefficient (Wildman–Crippen LogP) is 1.46. The molecule has 0 spiro atoms. The van der Waals surface area contributed by atoms with Crippen LogP contribution in [0.1, 0.15) is 44.9 Å². The fraction of sp³-hybridized carbons (Fsp3) is 0.944. The monoisotopic (exact) mass is 359 g/mol. The molecular formula is C18H31F2N3O2. The highest BCUT2D eigenvalue weighted by atomic mass is 19.3. The highest BCUT2D eigenvalue weighted by Crippen LogP contribution is 2.31. The van der Waals surface area contributed by atoms with Gasteiger partial charge in [0.2, 0.25) is 5.91 Å². The van der Waals surface area contributed by atoms with Gasteiger partial charge in [0.05, 0.1) is 5.60 Å². The van der Waals surface area contributed by atoms with Crippen molar-refractivity contribution in [1.29, 1.82) is 0 Å². The molecule has 0 aromatic rings. The fourth-order valence-electron chi connectivity index (χ4n) is 4.34. The Morgan fingerprint density at radius 3 is 2.40 bits per heavy atom. The van der Waals surface area contributed by atoms with E-state index in [0.717, 1.165) is 32.4 Å². The number of nitrogens with zero attached hydrogens (tertiary/aromatic N) is 2. The van der Waals surface area contributed by atoms with E-state index >= 15 is 0 Å². The Hall–Kier alpha value is -0.790. The van der Waals surface area contributed by atoms with Crippen molar-refractivity contribution in [3.63, 3.8) is 0 Å². The number of nitrogens with one attached hydrogen (secondary N) is 1. The standard InChI is InChI=1S/C18H31F2N3O2/c19-18(20)6-11-22(12-7-18)14-17(25)4-1-10-23(13-5-17)16(24)15-2-8-21-9-3-15/h15,21,25H,1-14H2/t17-/m0/s1. The van der Waals surface area contributed by atoms with E-state index in [2.05, 4.69) is 5.32 Å². The first-order chi connectivity index (χ1) is 11.9. The first-order valence-electron chi connectivity index (χ1n) is 9.69. The molecule has 7 heteroatoms. The van der Waals surface area contributed by atoms with E-state index in [4.69, 9.17) is 0 Å². The zero-order chi connectivity index (χ0) is 17.9. The van der Waals surface area contributed by atoms with Crippen LogP contribution in [0.25, 0.3) is 0 Å². The van der Waals surface area contributed by atoms with E-state index in [0.29, 0.717) is 45.6 Å². The van der Waals surface area contributed by atoms with Crippen molar-refractivity contribution in [2.24, 2.45) is 5.92 Å². The Morgan fingerprint density at radius 2 is 1.72 bits per heavy atom. The van der Waals surface area contributed by atoms with E-state index in [1.54, 1.807) is 0 Å². The van der Waals surface area contributed by atoms with Crippen LogP contribution in [0.2, 0.25) is 0 Å². The molecule has 5 nitrogen and oxygen atoms in total. The maximum Gasteiger partial charge on any atom is 0.250 e. The smallest absolute Gasteiger partial charge is 0.250 e. The molecule has 144 valence electrons. The molecule has 3 aliphatic heterocycles. The number of likely N-dealkylation sites (tertiary alicyclic amines) is 2. The topological polar surface area (TPSA) is 55.8 Å². The van der Waals surface area contributed by atoms with Gasteiger partial charge in [-0.05, 0) is 45.2 Å². The molecule has 0 saturated carbocycles. The van der Waals surface area contributed by atoms with Gasteiger partial charge in [0.15, 0.2) is 0 Å². The third-order valence-corrected chi connectivity index (χ3v) is 6.02. The number of carbonyl (C=O) groups is 1. The SMILES string of the molecule is O=C(C1CCNCC1)N1CCC[C@@](O)(CN2CCC(F)(F)CC2)CC1. The van der Waals surface area contributed by atoms with Gasteiger partial charge in [-0.3, -0.25) is 4.79 Å². The summed E-state index contributed by atoms with van der Waals surface area (Å²) >= 11 is 0. The van der Waals surface area contributed by atoms with Crippen LogP contribution in [0.15, 0.2) is 0 Å². The molecule has 3 heterocycles. The molecule has 0 aromatic heterocycles. The molecule has 0 aromatic carbocycles. The lowest BCUT2D eigenvalue weighted by Gasteiger charge is -2.37. The average molecular weight is 359 g/mol. The third kappa shape index (κ3) is 5.11. The van der Waals surface area contributed by atoms with Crippen LogP contribution in [-0.2, 0) is 4.79 Å². The number of rotatable bonds is 3. The molecule has 0 bridgehead atoms. The van der Waals surface area contributed by atoms with Crippen LogP contribution in [0.4, 0.5) is 8.78 Å². The first-order valence-corrected chi connectivity index (χ1v) is 9.69. The summed E-state index contributed by atoms with van der Waals surface area (Å²) in [4.78, 5) is 16.6. The summed E-state index contributed by atoms with van der Waals surface area (Å²) < 4.78 is 26.6. The summed E-state index contributed by atoms with van der Waals surface area (Å²) in [5.74, 6) is -2.22. The van der Waals surface area contributed by atoms with E-state index in [1.165, 1.54) is 0 Å². The summed E-state index contributed by atoms with van der Waals surface area (Å²) in [6.07, 6.45) is 3.49. The van der Waals surface area contributed by atoms with Crippen molar-refractivity contribution in [2.45, 2.75) is 56.5 Å². The summed E-state index contributed by atoms with van der Waals surface area (Å²) in [6, 6.07) is 0. The molecule has 3 rings (SSSR count). The Labute approximate surface area is 148 Å². The van der Waals surface area contributed by atoms with Gasteiger partial charge in [-0.25, -0.2) is 8.78 Å². The average Bonchev–Trinajstić information content (AvgIpc) is 2.79. The van der Waals surface area contributed by atoms with Crippen LogP contribution in [0, 0.1) is 5.92 Å². The highest BCUT2D eigenvalue weighted by molar-refractivity contribution is 5.79.